The van der Waals surface area contributed by atoms with Crippen LogP contribution in [-0.2, 0) is 6.54 Å². The van der Waals surface area contributed by atoms with Gasteiger partial charge in [-0.25, -0.2) is 9.48 Å². The van der Waals surface area contributed by atoms with Gasteiger partial charge in [0.15, 0.2) is 0 Å². The monoisotopic (exact) mass is 234 g/mol. The molecule has 2 aromatic rings. The number of aromatic carboxylic acids is 1. The Hall–Kier alpha value is -2.44. The minimum Gasteiger partial charge on any atom is -0.492 e. The third-order valence-electron chi connectivity index (χ3n) is 2.06. The average molecular weight is 234 g/mol. The minimum atomic E-state index is -0.976. The van der Waals surface area contributed by atoms with Crippen LogP contribution in [0.1, 0.15) is 10.4 Å². The highest BCUT2D eigenvalue weighted by Gasteiger charge is 2.03. The molecule has 0 amide bonds. The lowest BCUT2D eigenvalue weighted by molar-refractivity contribution is 0.0696. The van der Waals surface area contributed by atoms with Gasteiger partial charge in [0.25, 0.3) is 0 Å². The topological polar surface area (TPSA) is 90.1 Å². The molecule has 7 nitrogen and oxygen atoms in total. The summed E-state index contributed by atoms with van der Waals surface area (Å²) < 4.78 is 6.92. The fourth-order valence-electron chi connectivity index (χ4n) is 1.26. The largest absolute Gasteiger partial charge is 0.492 e. The predicted octanol–water partition coefficient (Wildman–Crippen LogP) is 0.450. The van der Waals surface area contributed by atoms with Crippen molar-refractivity contribution < 1.29 is 14.6 Å². The van der Waals surface area contributed by atoms with Crippen LogP contribution in [0.25, 0.3) is 0 Å². The number of tetrazole rings is 1. The zero-order valence-corrected chi connectivity index (χ0v) is 8.85. The predicted molar refractivity (Wildman–Crippen MR) is 56.7 cm³/mol. The molecule has 0 spiro atoms. The molecule has 0 saturated heterocycles. The third kappa shape index (κ3) is 3.00. The summed E-state index contributed by atoms with van der Waals surface area (Å²) in [5.41, 5.74) is 0.199. The first-order chi connectivity index (χ1) is 8.25. The number of ether oxygens (including phenoxy) is 1. The van der Waals surface area contributed by atoms with Crippen molar-refractivity contribution in [3.63, 3.8) is 0 Å². The van der Waals surface area contributed by atoms with Crippen molar-refractivity contribution in [2.75, 3.05) is 6.61 Å². The van der Waals surface area contributed by atoms with Gasteiger partial charge in [0.05, 0.1) is 12.1 Å². The Morgan fingerprint density at radius 1 is 1.47 bits per heavy atom. The summed E-state index contributed by atoms with van der Waals surface area (Å²) in [6, 6.07) is 6.32. The molecule has 0 radical (unpaired) electrons. The van der Waals surface area contributed by atoms with Gasteiger partial charge >= 0.3 is 5.97 Å². The Bertz CT molecular complexity index is 498. The first-order valence-electron chi connectivity index (χ1n) is 4.92. The van der Waals surface area contributed by atoms with Crippen molar-refractivity contribution in [3.8, 4) is 5.75 Å². The van der Waals surface area contributed by atoms with Crippen LogP contribution in [0, 0.1) is 0 Å². The van der Waals surface area contributed by atoms with Crippen LogP contribution >= 0.6 is 0 Å². The Morgan fingerprint density at radius 3 is 3.06 bits per heavy atom. The number of rotatable bonds is 5. The van der Waals surface area contributed by atoms with Crippen molar-refractivity contribution in [2.24, 2.45) is 0 Å². The van der Waals surface area contributed by atoms with Crippen molar-refractivity contribution in [2.45, 2.75) is 6.54 Å². The summed E-state index contributed by atoms with van der Waals surface area (Å²) in [5.74, 6) is -0.464. The van der Waals surface area contributed by atoms with Crippen LogP contribution in [0.5, 0.6) is 5.75 Å². The van der Waals surface area contributed by atoms with Crippen molar-refractivity contribution in [1.29, 1.82) is 0 Å². The van der Waals surface area contributed by atoms with Gasteiger partial charge < -0.3 is 9.84 Å². The first-order valence-corrected chi connectivity index (χ1v) is 4.92. The molecule has 0 aliphatic rings. The number of hydrogen-bond donors (Lipinski definition) is 1. The number of carboxylic acid groups (broad SMARTS) is 1. The lowest BCUT2D eigenvalue weighted by Gasteiger charge is -2.06. The highest BCUT2D eigenvalue weighted by atomic mass is 16.5. The van der Waals surface area contributed by atoms with E-state index in [1.807, 2.05) is 0 Å². The van der Waals surface area contributed by atoms with Crippen LogP contribution in [-0.4, -0.2) is 37.9 Å². The Morgan fingerprint density at radius 2 is 2.35 bits per heavy atom. The summed E-state index contributed by atoms with van der Waals surface area (Å²) in [5, 5.41) is 19.4. The van der Waals surface area contributed by atoms with E-state index >= 15 is 0 Å². The molecule has 0 saturated carbocycles. The van der Waals surface area contributed by atoms with E-state index in [1.54, 1.807) is 12.1 Å². The van der Waals surface area contributed by atoms with E-state index in [-0.39, 0.29) is 5.56 Å². The maximum absolute atomic E-state index is 10.7. The zero-order chi connectivity index (χ0) is 12.1. The van der Waals surface area contributed by atoms with Crippen molar-refractivity contribution >= 4 is 5.97 Å². The Balaban J connectivity index is 1.90. The van der Waals surface area contributed by atoms with Gasteiger partial charge in [0.2, 0.25) is 0 Å². The zero-order valence-electron chi connectivity index (χ0n) is 8.85. The molecule has 1 aromatic heterocycles. The highest BCUT2D eigenvalue weighted by Crippen LogP contribution is 2.13. The number of carboxylic acids is 1. The van der Waals surface area contributed by atoms with Crippen LogP contribution < -0.4 is 4.74 Å². The van der Waals surface area contributed by atoms with Gasteiger partial charge in [0, 0.05) is 0 Å². The van der Waals surface area contributed by atoms with E-state index in [1.165, 1.54) is 23.1 Å². The van der Waals surface area contributed by atoms with Crippen molar-refractivity contribution in [3.05, 3.63) is 36.2 Å². The van der Waals surface area contributed by atoms with Gasteiger partial charge in [-0.05, 0) is 28.6 Å². The van der Waals surface area contributed by atoms with Gasteiger partial charge in [-0.15, -0.1) is 5.10 Å². The number of benzene rings is 1. The molecule has 0 bridgehead atoms. The molecule has 0 aliphatic heterocycles. The van der Waals surface area contributed by atoms with Gasteiger partial charge in [-0.2, -0.15) is 0 Å². The molecule has 17 heavy (non-hydrogen) atoms. The van der Waals surface area contributed by atoms with Crippen LogP contribution in [0.4, 0.5) is 0 Å². The average Bonchev–Trinajstić information content (AvgIpc) is 2.82. The van der Waals surface area contributed by atoms with Crippen LogP contribution in [0.3, 0.4) is 0 Å². The maximum Gasteiger partial charge on any atom is 0.335 e. The second kappa shape index (κ2) is 5.06. The molecular formula is C10H10N4O3. The molecule has 0 unspecified atom stereocenters. The number of nitrogens with zero attached hydrogens (tertiary/aromatic N) is 4. The maximum atomic E-state index is 10.7. The summed E-state index contributed by atoms with van der Waals surface area (Å²) in [7, 11) is 0. The van der Waals surface area contributed by atoms with E-state index < -0.39 is 5.97 Å². The molecule has 0 atom stereocenters. The van der Waals surface area contributed by atoms with E-state index in [0.717, 1.165) is 0 Å². The third-order valence-corrected chi connectivity index (χ3v) is 2.06. The summed E-state index contributed by atoms with van der Waals surface area (Å²) in [4.78, 5) is 10.7. The SMILES string of the molecule is O=C(O)c1cccc(OCCn2cnnn2)c1. The molecule has 1 aromatic carbocycles. The quantitative estimate of drug-likeness (QED) is 0.807. The fourth-order valence-corrected chi connectivity index (χ4v) is 1.26. The summed E-state index contributed by atoms with van der Waals surface area (Å²) >= 11 is 0. The minimum absolute atomic E-state index is 0.199. The summed E-state index contributed by atoms with van der Waals surface area (Å²) in [6.07, 6.45) is 1.48. The van der Waals surface area contributed by atoms with E-state index in [4.69, 9.17) is 9.84 Å². The highest BCUT2D eigenvalue weighted by molar-refractivity contribution is 5.87. The molecule has 2 rings (SSSR count). The summed E-state index contributed by atoms with van der Waals surface area (Å²) in [6.45, 7) is 0.873. The van der Waals surface area contributed by atoms with Crippen LogP contribution in [0.2, 0.25) is 0 Å². The molecular weight excluding hydrogens is 224 g/mol. The number of carbonyl (C=O) groups is 1. The van der Waals surface area contributed by atoms with Crippen LogP contribution in [0.15, 0.2) is 30.6 Å². The second-order valence-corrected chi connectivity index (χ2v) is 3.25. The Kier molecular flexibility index (Phi) is 3.29. The molecule has 0 fully saturated rings. The van der Waals surface area contributed by atoms with Gasteiger partial charge in [0.1, 0.15) is 18.7 Å². The molecule has 1 N–H and O–H groups in total. The first kappa shape index (κ1) is 11.1. The smallest absolute Gasteiger partial charge is 0.335 e. The second-order valence-electron chi connectivity index (χ2n) is 3.25. The standard InChI is InChI=1S/C10H10N4O3/c15-10(16)8-2-1-3-9(6-8)17-5-4-14-7-11-12-13-14/h1-3,6-7H,4-5H2,(H,15,16). The molecule has 1 heterocycles. The molecule has 88 valence electrons. The number of aromatic nitrogens is 4. The fraction of sp³-hybridized carbons (Fsp3) is 0.200. The van der Waals surface area contributed by atoms with Crippen molar-refractivity contribution in [1.82, 2.24) is 20.2 Å². The molecule has 0 aliphatic carbocycles. The van der Waals surface area contributed by atoms with E-state index in [2.05, 4.69) is 15.5 Å². The van der Waals surface area contributed by atoms with E-state index in [9.17, 15) is 4.79 Å². The Labute approximate surface area is 96.6 Å². The lowest BCUT2D eigenvalue weighted by Crippen LogP contribution is -2.09. The normalized spacial score (nSPS) is 10.1. The number of hydrogen-bond acceptors (Lipinski definition) is 5. The van der Waals surface area contributed by atoms with Gasteiger partial charge in [-0.3, -0.25) is 0 Å². The lowest BCUT2D eigenvalue weighted by atomic mass is 10.2. The van der Waals surface area contributed by atoms with E-state index in [0.29, 0.717) is 18.9 Å². The van der Waals surface area contributed by atoms with Gasteiger partial charge in [-0.1, -0.05) is 6.07 Å². The molecule has 7 heteroatoms.